The number of morpholine rings is 1. The Morgan fingerprint density at radius 2 is 2.16 bits per heavy atom. The van der Waals surface area contributed by atoms with Crippen LogP contribution in [0.1, 0.15) is 18.7 Å². The molecule has 1 aromatic heterocycles. The van der Waals surface area contributed by atoms with Crippen molar-refractivity contribution >= 4 is 27.3 Å². The summed E-state index contributed by atoms with van der Waals surface area (Å²) in [5.74, 6) is 5.81. The summed E-state index contributed by atoms with van der Waals surface area (Å²) >= 11 is 5.28. The number of hydrazine groups is 1. The fourth-order valence-electron chi connectivity index (χ4n) is 2.54. The quantitative estimate of drug-likeness (QED) is 0.631. The number of halogens is 1. The molecular formula is C13H22BrN3OS. The summed E-state index contributed by atoms with van der Waals surface area (Å²) in [4.78, 5) is 3.81. The van der Waals surface area contributed by atoms with E-state index in [0.29, 0.717) is 0 Å². The molecule has 2 rings (SSSR count). The van der Waals surface area contributed by atoms with E-state index >= 15 is 0 Å². The van der Waals surface area contributed by atoms with Crippen LogP contribution < -0.4 is 11.3 Å². The van der Waals surface area contributed by atoms with Gasteiger partial charge in [0, 0.05) is 36.0 Å². The lowest BCUT2D eigenvalue weighted by Gasteiger charge is -2.45. The van der Waals surface area contributed by atoms with Gasteiger partial charge in [-0.3, -0.25) is 16.2 Å². The van der Waals surface area contributed by atoms with Gasteiger partial charge in [0.25, 0.3) is 0 Å². The monoisotopic (exact) mass is 347 g/mol. The highest BCUT2D eigenvalue weighted by Gasteiger charge is 2.35. The van der Waals surface area contributed by atoms with Gasteiger partial charge in [0.1, 0.15) is 0 Å². The van der Waals surface area contributed by atoms with Crippen LogP contribution >= 0.6 is 27.3 Å². The molecule has 0 aromatic carbocycles. The fraction of sp³-hybridized carbons (Fsp3) is 0.692. The van der Waals surface area contributed by atoms with Crippen molar-refractivity contribution in [1.82, 2.24) is 10.3 Å². The van der Waals surface area contributed by atoms with E-state index in [2.05, 4.69) is 52.2 Å². The molecule has 108 valence electrons. The summed E-state index contributed by atoms with van der Waals surface area (Å²) in [5, 5.41) is 0. The molecular weight excluding hydrogens is 326 g/mol. The third-order valence-corrected chi connectivity index (χ3v) is 5.56. The van der Waals surface area contributed by atoms with Crippen LogP contribution in [0.4, 0.5) is 0 Å². The summed E-state index contributed by atoms with van der Waals surface area (Å²) in [6.07, 6.45) is 0.942. The number of nitrogens with one attached hydrogen (secondary N) is 1. The second-order valence-corrected chi connectivity index (χ2v) is 7.93. The third kappa shape index (κ3) is 3.77. The Morgan fingerprint density at radius 3 is 2.68 bits per heavy atom. The molecule has 0 amide bonds. The first-order chi connectivity index (χ1) is 9.04. The number of nitrogens with two attached hydrogens (primary N) is 1. The Bertz CT molecular complexity index is 404. The van der Waals surface area contributed by atoms with Gasteiger partial charge < -0.3 is 4.74 Å². The van der Waals surface area contributed by atoms with Gasteiger partial charge in [0.15, 0.2) is 0 Å². The number of ether oxygens (including phenoxy) is 1. The van der Waals surface area contributed by atoms with Gasteiger partial charge in [-0.25, -0.2) is 0 Å². The summed E-state index contributed by atoms with van der Waals surface area (Å²) < 4.78 is 6.60. The van der Waals surface area contributed by atoms with E-state index in [9.17, 15) is 0 Å². The fourth-order valence-corrected chi connectivity index (χ4v) is 4.06. The number of hydrogen-bond donors (Lipinski definition) is 2. The molecule has 1 fully saturated rings. The maximum absolute atomic E-state index is 5.81. The van der Waals surface area contributed by atoms with Crippen LogP contribution in [0, 0.1) is 0 Å². The van der Waals surface area contributed by atoms with Crippen LogP contribution in [0.5, 0.6) is 0 Å². The Balaban J connectivity index is 2.06. The van der Waals surface area contributed by atoms with E-state index in [-0.39, 0.29) is 11.6 Å². The van der Waals surface area contributed by atoms with E-state index in [0.717, 1.165) is 32.7 Å². The summed E-state index contributed by atoms with van der Waals surface area (Å²) in [6.45, 7) is 8.08. The van der Waals surface area contributed by atoms with Crippen molar-refractivity contribution in [3.8, 4) is 0 Å². The number of nitrogens with zero attached hydrogens (tertiary/aromatic N) is 1. The molecule has 6 heteroatoms. The van der Waals surface area contributed by atoms with Gasteiger partial charge in [-0.15, -0.1) is 11.3 Å². The molecule has 1 saturated heterocycles. The van der Waals surface area contributed by atoms with Crippen LogP contribution in [0.2, 0.25) is 0 Å². The lowest BCUT2D eigenvalue weighted by atomic mass is 9.89. The molecule has 2 heterocycles. The van der Waals surface area contributed by atoms with Crippen LogP contribution in [0.15, 0.2) is 15.9 Å². The normalized spacial score (nSPS) is 19.6. The van der Waals surface area contributed by atoms with E-state index in [4.69, 9.17) is 10.6 Å². The van der Waals surface area contributed by atoms with Crippen molar-refractivity contribution in [3.05, 3.63) is 20.8 Å². The van der Waals surface area contributed by atoms with E-state index in [1.165, 1.54) is 8.66 Å². The van der Waals surface area contributed by atoms with Gasteiger partial charge in [0.2, 0.25) is 0 Å². The van der Waals surface area contributed by atoms with E-state index < -0.39 is 0 Å². The topological polar surface area (TPSA) is 50.5 Å². The van der Waals surface area contributed by atoms with Crippen LogP contribution in [-0.4, -0.2) is 42.8 Å². The zero-order chi connectivity index (χ0) is 13.9. The number of rotatable bonds is 5. The minimum Gasteiger partial charge on any atom is -0.379 e. The molecule has 0 radical (unpaired) electrons. The van der Waals surface area contributed by atoms with Gasteiger partial charge in [-0.1, -0.05) is 0 Å². The Hall–Kier alpha value is 0.0200. The average molecular weight is 348 g/mol. The molecule has 3 N–H and O–H groups in total. The van der Waals surface area contributed by atoms with Crippen molar-refractivity contribution in [2.45, 2.75) is 31.8 Å². The summed E-state index contributed by atoms with van der Waals surface area (Å²) in [6, 6.07) is 4.47. The first-order valence-electron chi connectivity index (χ1n) is 6.57. The molecule has 1 atom stereocenters. The number of hydrogen-bond acceptors (Lipinski definition) is 5. The van der Waals surface area contributed by atoms with Gasteiger partial charge in [0.05, 0.1) is 17.0 Å². The minimum atomic E-state index is 0.00892. The van der Waals surface area contributed by atoms with Crippen LogP contribution in [-0.2, 0) is 11.2 Å². The van der Waals surface area contributed by atoms with Crippen molar-refractivity contribution in [3.63, 3.8) is 0 Å². The molecule has 1 aliphatic rings. The summed E-state index contributed by atoms with van der Waals surface area (Å²) in [7, 11) is 0. The molecule has 0 aliphatic carbocycles. The summed E-state index contributed by atoms with van der Waals surface area (Å²) in [5.41, 5.74) is 3.02. The zero-order valence-corrected chi connectivity index (χ0v) is 13.9. The highest BCUT2D eigenvalue weighted by molar-refractivity contribution is 9.11. The lowest BCUT2D eigenvalue weighted by molar-refractivity contribution is -0.0232. The Kier molecular flexibility index (Phi) is 5.39. The first-order valence-corrected chi connectivity index (χ1v) is 8.18. The van der Waals surface area contributed by atoms with Crippen molar-refractivity contribution in [1.29, 1.82) is 0 Å². The first kappa shape index (κ1) is 15.4. The van der Waals surface area contributed by atoms with Gasteiger partial charge in [-0.05, 0) is 41.9 Å². The smallest absolute Gasteiger partial charge is 0.0701 e. The third-order valence-electron chi connectivity index (χ3n) is 3.91. The van der Waals surface area contributed by atoms with E-state index in [1.54, 1.807) is 11.3 Å². The van der Waals surface area contributed by atoms with Crippen LogP contribution in [0.3, 0.4) is 0 Å². The molecule has 1 aliphatic heterocycles. The largest absolute Gasteiger partial charge is 0.379 e. The predicted octanol–water partition coefficient (Wildman–Crippen LogP) is 2.00. The zero-order valence-electron chi connectivity index (χ0n) is 11.5. The molecule has 4 nitrogen and oxygen atoms in total. The lowest BCUT2D eigenvalue weighted by Crippen LogP contribution is -2.62. The van der Waals surface area contributed by atoms with Gasteiger partial charge in [-0.2, -0.15) is 0 Å². The van der Waals surface area contributed by atoms with Crippen molar-refractivity contribution in [2.75, 3.05) is 26.3 Å². The highest BCUT2D eigenvalue weighted by atomic mass is 79.9. The molecule has 0 saturated carbocycles. The van der Waals surface area contributed by atoms with Crippen LogP contribution in [0.25, 0.3) is 0 Å². The SMILES string of the molecule is CC(C)(C(Cc1ccc(Br)s1)NN)N1CCOCC1. The highest BCUT2D eigenvalue weighted by Crippen LogP contribution is 2.27. The standard InChI is InChI=1S/C13H22BrN3OS/c1-13(2,17-5-7-18-8-6-17)11(16-15)9-10-3-4-12(14)19-10/h3-4,11,16H,5-9,15H2,1-2H3. The minimum absolute atomic E-state index is 0.00892. The molecule has 0 bridgehead atoms. The molecule has 1 aromatic rings. The second kappa shape index (κ2) is 6.65. The number of thiophene rings is 1. The van der Waals surface area contributed by atoms with Crippen molar-refractivity contribution < 1.29 is 4.74 Å². The Morgan fingerprint density at radius 1 is 1.47 bits per heavy atom. The Labute approximate surface area is 127 Å². The average Bonchev–Trinajstić information content (AvgIpc) is 2.82. The molecule has 1 unspecified atom stereocenters. The van der Waals surface area contributed by atoms with Gasteiger partial charge >= 0.3 is 0 Å². The van der Waals surface area contributed by atoms with E-state index in [1.807, 2.05) is 0 Å². The predicted molar refractivity (Wildman–Crippen MR) is 83.3 cm³/mol. The molecule has 0 spiro atoms. The maximum atomic E-state index is 5.81. The maximum Gasteiger partial charge on any atom is 0.0701 e. The second-order valence-electron chi connectivity index (χ2n) is 5.38. The molecule has 19 heavy (non-hydrogen) atoms. The van der Waals surface area contributed by atoms with Crippen molar-refractivity contribution in [2.24, 2.45) is 5.84 Å².